The van der Waals surface area contributed by atoms with Crippen LogP contribution in [0.2, 0.25) is 0 Å². The van der Waals surface area contributed by atoms with E-state index in [0.29, 0.717) is 12.0 Å². The Kier molecular flexibility index (Phi) is 5.26. The molecule has 0 amide bonds. The lowest BCUT2D eigenvalue weighted by Gasteiger charge is -2.34. The Morgan fingerprint density at radius 1 is 1.16 bits per heavy atom. The molecule has 19 heavy (non-hydrogen) atoms. The molecule has 0 saturated heterocycles. The van der Waals surface area contributed by atoms with E-state index in [2.05, 4.69) is 31.2 Å². The molecule has 2 N–H and O–H groups in total. The van der Waals surface area contributed by atoms with Crippen molar-refractivity contribution in [2.75, 3.05) is 6.61 Å². The first-order valence-corrected chi connectivity index (χ1v) is 7.72. The minimum Gasteiger partial charge on any atom is -0.494 e. The summed E-state index contributed by atoms with van der Waals surface area (Å²) in [7, 11) is 0. The second-order valence-electron chi connectivity index (χ2n) is 5.74. The Bertz CT molecular complexity index is 373. The summed E-state index contributed by atoms with van der Waals surface area (Å²) in [5.41, 5.74) is 7.72. The highest BCUT2D eigenvalue weighted by molar-refractivity contribution is 5.30. The summed E-state index contributed by atoms with van der Waals surface area (Å²) < 4.78 is 5.50. The third-order valence-electron chi connectivity index (χ3n) is 4.33. The fraction of sp³-hybridized carbons (Fsp3) is 0.647. The van der Waals surface area contributed by atoms with Crippen molar-refractivity contribution in [3.05, 3.63) is 29.8 Å². The molecule has 1 fully saturated rings. The lowest BCUT2D eigenvalue weighted by molar-refractivity contribution is 0.274. The molecule has 1 aliphatic carbocycles. The van der Waals surface area contributed by atoms with Gasteiger partial charge in [0.2, 0.25) is 0 Å². The van der Waals surface area contributed by atoms with Crippen molar-refractivity contribution in [1.29, 1.82) is 0 Å². The molecule has 2 heteroatoms. The fourth-order valence-corrected chi connectivity index (χ4v) is 3.31. The van der Waals surface area contributed by atoms with Crippen molar-refractivity contribution in [2.24, 2.45) is 11.7 Å². The molecule has 0 heterocycles. The molecule has 1 aliphatic rings. The Labute approximate surface area is 117 Å². The Hall–Kier alpha value is -1.02. The van der Waals surface area contributed by atoms with Crippen LogP contribution in [-0.4, -0.2) is 12.6 Å². The summed E-state index contributed by atoms with van der Waals surface area (Å²) in [4.78, 5) is 0. The van der Waals surface area contributed by atoms with E-state index in [-0.39, 0.29) is 0 Å². The van der Waals surface area contributed by atoms with Gasteiger partial charge < -0.3 is 10.5 Å². The van der Waals surface area contributed by atoms with Gasteiger partial charge in [-0.3, -0.25) is 0 Å². The molecule has 0 aromatic heterocycles. The Balaban J connectivity index is 2.05. The molecular formula is C17H27NO. The topological polar surface area (TPSA) is 35.2 Å². The van der Waals surface area contributed by atoms with Crippen LogP contribution in [0.4, 0.5) is 0 Å². The molecule has 0 spiro atoms. The summed E-state index contributed by atoms with van der Waals surface area (Å²) in [5.74, 6) is 2.35. The van der Waals surface area contributed by atoms with Crippen LogP contribution in [0.25, 0.3) is 0 Å². The lowest BCUT2D eigenvalue weighted by atomic mass is 9.74. The molecule has 0 radical (unpaired) electrons. The van der Waals surface area contributed by atoms with Crippen LogP contribution >= 0.6 is 0 Å². The highest BCUT2D eigenvalue weighted by atomic mass is 16.5. The first kappa shape index (κ1) is 14.4. The van der Waals surface area contributed by atoms with Crippen molar-refractivity contribution in [3.8, 4) is 5.75 Å². The van der Waals surface area contributed by atoms with E-state index in [0.717, 1.165) is 18.3 Å². The van der Waals surface area contributed by atoms with Crippen LogP contribution < -0.4 is 10.5 Å². The molecular weight excluding hydrogens is 234 g/mol. The Morgan fingerprint density at radius 2 is 1.89 bits per heavy atom. The fourth-order valence-electron chi connectivity index (χ4n) is 3.31. The van der Waals surface area contributed by atoms with Crippen molar-refractivity contribution < 1.29 is 4.74 Å². The molecule has 1 saturated carbocycles. The van der Waals surface area contributed by atoms with Gasteiger partial charge in [0.1, 0.15) is 5.75 Å². The van der Waals surface area contributed by atoms with Crippen LogP contribution in [0.15, 0.2) is 24.3 Å². The van der Waals surface area contributed by atoms with Gasteiger partial charge in [0.15, 0.2) is 0 Å². The smallest absolute Gasteiger partial charge is 0.119 e. The zero-order valence-electron chi connectivity index (χ0n) is 12.3. The third-order valence-corrected chi connectivity index (χ3v) is 4.33. The van der Waals surface area contributed by atoms with Crippen LogP contribution in [0.1, 0.15) is 57.4 Å². The molecule has 1 aromatic rings. The average Bonchev–Trinajstić information content (AvgIpc) is 2.43. The van der Waals surface area contributed by atoms with Gasteiger partial charge in [0.25, 0.3) is 0 Å². The molecule has 0 aliphatic heterocycles. The SMILES string of the molecule is CCCC1CCC(N)C(c2ccc(OCC)cc2)C1. The normalized spacial score (nSPS) is 27.2. The second kappa shape index (κ2) is 6.95. The van der Waals surface area contributed by atoms with Crippen molar-refractivity contribution in [1.82, 2.24) is 0 Å². The van der Waals surface area contributed by atoms with E-state index in [9.17, 15) is 0 Å². The average molecular weight is 261 g/mol. The van der Waals surface area contributed by atoms with Gasteiger partial charge >= 0.3 is 0 Å². The largest absolute Gasteiger partial charge is 0.494 e. The van der Waals surface area contributed by atoms with Crippen LogP contribution in [0.5, 0.6) is 5.75 Å². The minimum atomic E-state index is 0.325. The van der Waals surface area contributed by atoms with Gasteiger partial charge in [0, 0.05) is 6.04 Å². The number of rotatable bonds is 5. The summed E-state index contributed by atoms with van der Waals surface area (Å²) in [6, 6.07) is 8.88. The summed E-state index contributed by atoms with van der Waals surface area (Å²) in [5, 5.41) is 0. The predicted molar refractivity (Wildman–Crippen MR) is 80.6 cm³/mol. The number of benzene rings is 1. The van der Waals surface area contributed by atoms with E-state index in [1.807, 2.05) is 6.92 Å². The summed E-state index contributed by atoms with van der Waals surface area (Å²) >= 11 is 0. The summed E-state index contributed by atoms with van der Waals surface area (Å²) in [6.45, 7) is 5.02. The second-order valence-corrected chi connectivity index (χ2v) is 5.74. The minimum absolute atomic E-state index is 0.325. The maximum atomic E-state index is 6.33. The predicted octanol–water partition coefficient (Wildman–Crippen LogP) is 4.10. The van der Waals surface area contributed by atoms with Gasteiger partial charge in [-0.15, -0.1) is 0 Å². The molecule has 106 valence electrons. The van der Waals surface area contributed by atoms with E-state index in [1.165, 1.54) is 37.7 Å². The van der Waals surface area contributed by atoms with E-state index in [4.69, 9.17) is 10.5 Å². The van der Waals surface area contributed by atoms with Crippen molar-refractivity contribution in [2.45, 2.75) is 57.9 Å². The van der Waals surface area contributed by atoms with Gasteiger partial charge in [-0.2, -0.15) is 0 Å². The zero-order chi connectivity index (χ0) is 13.7. The maximum absolute atomic E-state index is 6.33. The van der Waals surface area contributed by atoms with Crippen LogP contribution in [-0.2, 0) is 0 Å². The molecule has 3 unspecified atom stereocenters. The highest BCUT2D eigenvalue weighted by Crippen LogP contribution is 2.37. The number of hydrogen-bond acceptors (Lipinski definition) is 2. The van der Waals surface area contributed by atoms with E-state index in [1.54, 1.807) is 0 Å². The van der Waals surface area contributed by atoms with Gasteiger partial charge in [-0.25, -0.2) is 0 Å². The van der Waals surface area contributed by atoms with Crippen molar-refractivity contribution >= 4 is 0 Å². The highest BCUT2D eigenvalue weighted by Gasteiger charge is 2.28. The van der Waals surface area contributed by atoms with Gasteiger partial charge in [0.05, 0.1) is 6.61 Å². The summed E-state index contributed by atoms with van der Waals surface area (Å²) in [6.07, 6.45) is 6.37. The van der Waals surface area contributed by atoms with Gasteiger partial charge in [-0.05, 0) is 55.7 Å². The van der Waals surface area contributed by atoms with Gasteiger partial charge in [-0.1, -0.05) is 31.9 Å². The molecule has 2 rings (SSSR count). The van der Waals surface area contributed by atoms with Crippen LogP contribution in [0, 0.1) is 5.92 Å². The maximum Gasteiger partial charge on any atom is 0.119 e. The lowest BCUT2D eigenvalue weighted by Crippen LogP contribution is -2.34. The Morgan fingerprint density at radius 3 is 2.53 bits per heavy atom. The van der Waals surface area contributed by atoms with Crippen molar-refractivity contribution in [3.63, 3.8) is 0 Å². The molecule has 2 nitrogen and oxygen atoms in total. The number of hydrogen-bond donors (Lipinski definition) is 1. The molecule has 0 bridgehead atoms. The molecule has 3 atom stereocenters. The van der Waals surface area contributed by atoms with E-state index >= 15 is 0 Å². The number of ether oxygens (including phenoxy) is 1. The third kappa shape index (κ3) is 3.73. The van der Waals surface area contributed by atoms with Crippen LogP contribution in [0.3, 0.4) is 0 Å². The standard InChI is InChI=1S/C17H27NO/c1-3-5-13-6-11-17(18)16(12-13)14-7-9-15(10-8-14)19-4-2/h7-10,13,16-17H,3-6,11-12,18H2,1-2H3. The monoisotopic (exact) mass is 261 g/mol. The molecule has 1 aromatic carbocycles. The number of nitrogens with two attached hydrogens (primary N) is 1. The first-order valence-electron chi connectivity index (χ1n) is 7.72. The quantitative estimate of drug-likeness (QED) is 0.866. The zero-order valence-corrected chi connectivity index (χ0v) is 12.3. The van der Waals surface area contributed by atoms with E-state index < -0.39 is 0 Å². The first-order chi connectivity index (χ1) is 9.24.